The van der Waals surface area contributed by atoms with Crippen LogP contribution in [0.15, 0.2) is 60.7 Å². The van der Waals surface area contributed by atoms with Crippen LogP contribution >= 0.6 is 11.6 Å². The van der Waals surface area contributed by atoms with E-state index >= 15 is 0 Å². The average molecular weight is 523 g/mol. The molecule has 0 saturated carbocycles. The number of hydrogen-bond donors (Lipinski definition) is 2. The minimum Gasteiger partial charge on any atom is -0.493 e. The quantitative estimate of drug-likeness (QED) is 0.329. The molecule has 0 fully saturated rings. The van der Waals surface area contributed by atoms with Crippen LogP contribution in [0.5, 0.6) is 17.2 Å². The Kier molecular flexibility index (Phi) is 7.59. The summed E-state index contributed by atoms with van der Waals surface area (Å²) in [5.74, 6) is 0.0119. The van der Waals surface area contributed by atoms with Crippen molar-refractivity contribution in [2.75, 3.05) is 26.6 Å². The lowest BCUT2D eigenvalue weighted by Gasteiger charge is -2.14. The Morgan fingerprint density at radius 2 is 1.57 bits per heavy atom. The number of hydrogen-bond acceptors (Lipinski definition) is 7. The lowest BCUT2D eigenvalue weighted by atomic mass is 10.1. The summed E-state index contributed by atoms with van der Waals surface area (Å²) in [5.41, 5.74) is 2.27. The van der Waals surface area contributed by atoms with Crippen LogP contribution in [0.2, 0.25) is 5.02 Å². The summed E-state index contributed by atoms with van der Waals surface area (Å²) >= 11 is 6.06. The number of carboxylic acids is 1. The van der Waals surface area contributed by atoms with Crippen LogP contribution < -0.4 is 19.5 Å². The van der Waals surface area contributed by atoms with Crippen molar-refractivity contribution in [3.05, 3.63) is 77.1 Å². The van der Waals surface area contributed by atoms with Gasteiger partial charge in [-0.25, -0.2) is 9.67 Å². The highest BCUT2D eigenvalue weighted by Gasteiger charge is 2.22. The third kappa shape index (κ3) is 5.65. The van der Waals surface area contributed by atoms with Gasteiger partial charge in [-0.05, 0) is 54.1 Å². The predicted octanol–water partition coefficient (Wildman–Crippen LogP) is 4.49. The molecule has 3 aromatic carbocycles. The highest BCUT2D eigenvalue weighted by Crippen LogP contribution is 2.41. The number of ether oxygens (including phenoxy) is 3. The number of methoxy groups -OCH3 is 3. The van der Waals surface area contributed by atoms with Gasteiger partial charge in [-0.3, -0.25) is 9.59 Å². The van der Waals surface area contributed by atoms with Crippen LogP contribution in [0, 0.1) is 0 Å². The first-order valence-electron chi connectivity index (χ1n) is 11.0. The normalized spacial score (nSPS) is 10.6. The largest absolute Gasteiger partial charge is 0.493 e. The van der Waals surface area contributed by atoms with E-state index in [4.69, 9.17) is 30.9 Å². The molecular weight excluding hydrogens is 500 g/mol. The van der Waals surface area contributed by atoms with Crippen molar-refractivity contribution in [3.8, 4) is 34.3 Å². The molecule has 1 heterocycles. The van der Waals surface area contributed by atoms with E-state index in [1.165, 1.54) is 26.0 Å². The summed E-state index contributed by atoms with van der Waals surface area (Å²) in [7, 11) is 4.52. The van der Waals surface area contributed by atoms with Gasteiger partial charge in [0.05, 0.1) is 33.4 Å². The maximum Gasteiger partial charge on any atom is 0.307 e. The Morgan fingerprint density at radius 1 is 0.946 bits per heavy atom. The van der Waals surface area contributed by atoms with Crippen molar-refractivity contribution in [1.82, 2.24) is 14.8 Å². The summed E-state index contributed by atoms with van der Waals surface area (Å²) in [4.78, 5) is 28.5. The van der Waals surface area contributed by atoms with Gasteiger partial charge in [-0.1, -0.05) is 23.7 Å². The highest BCUT2D eigenvalue weighted by molar-refractivity contribution is 6.30. The number of amides is 1. The number of nitrogens with zero attached hydrogens (tertiary/aromatic N) is 3. The smallest absolute Gasteiger partial charge is 0.307 e. The molecule has 0 aliphatic rings. The lowest BCUT2D eigenvalue weighted by molar-refractivity contribution is -0.136. The number of carbonyl (C=O) groups is 2. The van der Waals surface area contributed by atoms with Crippen molar-refractivity contribution in [2.24, 2.45) is 0 Å². The molecule has 11 heteroatoms. The second-order valence-corrected chi connectivity index (χ2v) is 8.22. The molecule has 37 heavy (non-hydrogen) atoms. The molecule has 0 spiro atoms. The lowest BCUT2D eigenvalue weighted by Crippen LogP contribution is -2.14. The zero-order valence-corrected chi connectivity index (χ0v) is 20.9. The third-order valence-corrected chi connectivity index (χ3v) is 5.62. The molecule has 0 radical (unpaired) electrons. The Labute approximate surface area is 217 Å². The van der Waals surface area contributed by atoms with Crippen LogP contribution in [-0.4, -0.2) is 53.1 Å². The Bertz CT molecular complexity index is 1410. The first-order valence-corrected chi connectivity index (χ1v) is 11.4. The first kappa shape index (κ1) is 25.5. The number of benzene rings is 3. The van der Waals surface area contributed by atoms with Gasteiger partial charge >= 0.3 is 5.97 Å². The fourth-order valence-electron chi connectivity index (χ4n) is 3.64. The molecule has 10 nitrogen and oxygen atoms in total. The van der Waals surface area contributed by atoms with Crippen molar-refractivity contribution in [2.45, 2.75) is 6.42 Å². The maximum atomic E-state index is 13.1. The number of rotatable bonds is 9. The number of carbonyl (C=O) groups excluding carboxylic acids is 1. The van der Waals surface area contributed by atoms with Crippen molar-refractivity contribution in [3.63, 3.8) is 0 Å². The summed E-state index contributed by atoms with van der Waals surface area (Å²) in [5, 5.41) is 16.7. The molecule has 4 aromatic rings. The van der Waals surface area contributed by atoms with Crippen LogP contribution in [0.3, 0.4) is 0 Å². The molecule has 1 amide bonds. The van der Waals surface area contributed by atoms with Crippen molar-refractivity contribution >= 4 is 29.2 Å². The summed E-state index contributed by atoms with van der Waals surface area (Å²) in [6.07, 6.45) is -0.112. The van der Waals surface area contributed by atoms with E-state index in [1.807, 2.05) is 0 Å². The fourth-order valence-corrected chi connectivity index (χ4v) is 3.76. The minimum atomic E-state index is -0.937. The highest BCUT2D eigenvalue weighted by atomic mass is 35.5. The number of aromatic nitrogens is 3. The van der Waals surface area contributed by atoms with Crippen LogP contribution in [0.4, 0.5) is 5.69 Å². The number of aliphatic carboxylic acids is 1. The minimum absolute atomic E-state index is 0.0895. The van der Waals surface area contributed by atoms with E-state index in [9.17, 15) is 9.59 Å². The van der Waals surface area contributed by atoms with Gasteiger partial charge in [0.2, 0.25) is 11.6 Å². The van der Waals surface area contributed by atoms with E-state index in [0.29, 0.717) is 50.6 Å². The average Bonchev–Trinajstić information content (AvgIpc) is 3.34. The Hall–Kier alpha value is -4.57. The van der Waals surface area contributed by atoms with Gasteiger partial charge in [0, 0.05) is 16.3 Å². The zero-order chi connectivity index (χ0) is 26.5. The zero-order valence-electron chi connectivity index (χ0n) is 20.2. The Balaban J connectivity index is 1.75. The molecule has 0 saturated heterocycles. The van der Waals surface area contributed by atoms with E-state index in [1.54, 1.807) is 60.7 Å². The second-order valence-electron chi connectivity index (χ2n) is 7.78. The third-order valence-electron chi connectivity index (χ3n) is 5.37. The van der Waals surface area contributed by atoms with Crippen LogP contribution in [-0.2, 0) is 11.2 Å². The van der Waals surface area contributed by atoms with Gasteiger partial charge in [0.15, 0.2) is 17.3 Å². The molecular formula is C26H23ClN4O6. The van der Waals surface area contributed by atoms with Gasteiger partial charge in [-0.2, -0.15) is 0 Å². The molecule has 0 aliphatic carbocycles. The summed E-state index contributed by atoms with van der Waals surface area (Å²) in [6, 6.07) is 16.8. The Morgan fingerprint density at radius 3 is 2.11 bits per heavy atom. The van der Waals surface area contributed by atoms with E-state index < -0.39 is 11.9 Å². The van der Waals surface area contributed by atoms with Crippen molar-refractivity contribution < 1.29 is 28.9 Å². The van der Waals surface area contributed by atoms with E-state index in [0.717, 1.165) is 0 Å². The molecule has 0 bridgehead atoms. The van der Waals surface area contributed by atoms with Crippen LogP contribution in [0.25, 0.3) is 17.1 Å². The fraction of sp³-hybridized carbons (Fsp3) is 0.154. The first-order chi connectivity index (χ1) is 17.8. The summed E-state index contributed by atoms with van der Waals surface area (Å²) < 4.78 is 17.9. The predicted molar refractivity (Wildman–Crippen MR) is 137 cm³/mol. The monoisotopic (exact) mass is 522 g/mol. The van der Waals surface area contributed by atoms with Gasteiger partial charge in [-0.15, -0.1) is 5.10 Å². The van der Waals surface area contributed by atoms with Crippen LogP contribution in [0.1, 0.15) is 16.2 Å². The molecule has 2 N–H and O–H groups in total. The topological polar surface area (TPSA) is 125 Å². The van der Waals surface area contributed by atoms with E-state index in [2.05, 4.69) is 15.4 Å². The second kappa shape index (κ2) is 11.0. The maximum absolute atomic E-state index is 13.1. The molecule has 190 valence electrons. The summed E-state index contributed by atoms with van der Waals surface area (Å²) in [6.45, 7) is 0. The molecule has 0 atom stereocenters. The number of halogens is 1. The standard InChI is InChI=1S/C26H23ClN4O6/c1-35-20-13-16(14-21(36-2)23(20)37-3)25-29-24(30-31(25)19-10-6-17(27)7-11-19)26(34)28-18-8-4-15(5-9-18)12-22(32)33/h4-11,13-14H,12H2,1-3H3,(H,28,34)(H,32,33). The SMILES string of the molecule is COc1cc(-c2nc(C(=O)Nc3ccc(CC(=O)O)cc3)nn2-c2ccc(Cl)cc2)cc(OC)c1OC. The van der Waals surface area contributed by atoms with Gasteiger partial charge in [0.25, 0.3) is 5.91 Å². The number of carboxylic acid groups (broad SMARTS) is 1. The molecule has 1 aromatic heterocycles. The van der Waals surface area contributed by atoms with Crippen molar-refractivity contribution in [1.29, 1.82) is 0 Å². The number of anilines is 1. The van der Waals surface area contributed by atoms with Gasteiger partial charge in [0.1, 0.15) is 0 Å². The molecule has 0 aliphatic heterocycles. The molecule has 4 rings (SSSR count). The number of nitrogens with one attached hydrogen (secondary N) is 1. The molecule has 0 unspecified atom stereocenters. The van der Waals surface area contributed by atoms with Gasteiger partial charge < -0.3 is 24.6 Å². The van der Waals surface area contributed by atoms with E-state index in [-0.39, 0.29) is 12.2 Å².